The van der Waals surface area contributed by atoms with Crippen LogP contribution in [0.15, 0.2) is 42.9 Å². The highest BCUT2D eigenvalue weighted by molar-refractivity contribution is 7.15. The third-order valence-corrected chi connectivity index (χ3v) is 3.78. The Morgan fingerprint density at radius 1 is 1.21 bits per heavy atom. The van der Waals surface area contributed by atoms with Crippen LogP contribution in [0.2, 0.25) is 0 Å². The van der Waals surface area contributed by atoms with E-state index in [1.54, 1.807) is 34.6 Å². The van der Waals surface area contributed by atoms with Gasteiger partial charge < -0.3 is 0 Å². The van der Waals surface area contributed by atoms with Crippen LogP contribution in [-0.4, -0.2) is 21.1 Å². The molecule has 0 aliphatic heterocycles. The molecule has 3 heterocycles. The highest BCUT2D eigenvalue weighted by atomic mass is 32.1. The highest BCUT2D eigenvalue weighted by Gasteiger charge is 2.13. The van der Waals surface area contributed by atoms with Gasteiger partial charge in [-0.25, -0.2) is 4.68 Å². The molecule has 0 aliphatic carbocycles. The van der Waals surface area contributed by atoms with Gasteiger partial charge in [0.1, 0.15) is 5.69 Å². The summed E-state index contributed by atoms with van der Waals surface area (Å²) in [6.07, 6.45) is 5.99. The SMILES string of the molecule is Cc1ccc(-c2nn(-c3ccncc3)cc2C=O)s1. The second-order valence-electron chi connectivity index (χ2n) is 4.11. The van der Waals surface area contributed by atoms with Crippen molar-refractivity contribution in [2.45, 2.75) is 6.92 Å². The lowest BCUT2D eigenvalue weighted by molar-refractivity contribution is 0.112. The van der Waals surface area contributed by atoms with Crippen LogP contribution < -0.4 is 0 Å². The summed E-state index contributed by atoms with van der Waals surface area (Å²) in [5.74, 6) is 0. The lowest BCUT2D eigenvalue weighted by atomic mass is 10.2. The third kappa shape index (κ3) is 2.20. The molecule has 0 atom stereocenters. The van der Waals surface area contributed by atoms with E-state index in [0.717, 1.165) is 22.5 Å². The number of aromatic nitrogens is 3. The third-order valence-electron chi connectivity index (χ3n) is 2.77. The summed E-state index contributed by atoms with van der Waals surface area (Å²) < 4.78 is 1.70. The Kier molecular flexibility index (Phi) is 2.97. The van der Waals surface area contributed by atoms with E-state index < -0.39 is 0 Å². The minimum Gasteiger partial charge on any atom is -0.298 e. The van der Waals surface area contributed by atoms with Crippen LogP contribution in [0.4, 0.5) is 0 Å². The van der Waals surface area contributed by atoms with Gasteiger partial charge in [0.25, 0.3) is 0 Å². The fraction of sp³-hybridized carbons (Fsp3) is 0.0714. The van der Waals surface area contributed by atoms with Crippen molar-refractivity contribution < 1.29 is 4.79 Å². The maximum absolute atomic E-state index is 11.2. The quantitative estimate of drug-likeness (QED) is 0.686. The standard InChI is InChI=1S/C14H11N3OS/c1-10-2-3-13(19-10)14-11(9-18)8-17(16-14)12-4-6-15-7-5-12/h2-9H,1H3. The summed E-state index contributed by atoms with van der Waals surface area (Å²) in [7, 11) is 0. The molecule has 0 N–H and O–H groups in total. The van der Waals surface area contributed by atoms with E-state index in [-0.39, 0.29) is 0 Å². The lowest BCUT2D eigenvalue weighted by Crippen LogP contribution is -1.94. The fourth-order valence-corrected chi connectivity index (χ4v) is 2.73. The zero-order chi connectivity index (χ0) is 13.2. The second-order valence-corrected chi connectivity index (χ2v) is 5.40. The number of pyridine rings is 1. The lowest BCUT2D eigenvalue weighted by Gasteiger charge is -1.98. The first-order valence-corrected chi connectivity index (χ1v) is 6.61. The minimum atomic E-state index is 0.596. The number of carbonyl (C=O) groups excluding carboxylic acids is 1. The van der Waals surface area contributed by atoms with Gasteiger partial charge in [-0.15, -0.1) is 11.3 Å². The zero-order valence-electron chi connectivity index (χ0n) is 10.3. The van der Waals surface area contributed by atoms with Gasteiger partial charge in [-0.3, -0.25) is 9.78 Å². The first-order chi connectivity index (χ1) is 9.28. The molecule has 94 valence electrons. The molecule has 0 unspecified atom stereocenters. The number of thiophene rings is 1. The van der Waals surface area contributed by atoms with Gasteiger partial charge in [0.15, 0.2) is 6.29 Å². The van der Waals surface area contributed by atoms with Gasteiger partial charge >= 0.3 is 0 Å². The molecule has 0 amide bonds. The zero-order valence-corrected chi connectivity index (χ0v) is 11.1. The van der Waals surface area contributed by atoms with Crippen molar-refractivity contribution in [3.8, 4) is 16.3 Å². The molecular formula is C14H11N3OS. The molecule has 0 spiro atoms. The van der Waals surface area contributed by atoms with E-state index in [2.05, 4.69) is 10.1 Å². The van der Waals surface area contributed by atoms with Crippen LogP contribution in [0.25, 0.3) is 16.3 Å². The Morgan fingerprint density at radius 2 is 2.00 bits per heavy atom. The normalized spacial score (nSPS) is 10.6. The van der Waals surface area contributed by atoms with E-state index in [1.807, 2.05) is 31.2 Å². The van der Waals surface area contributed by atoms with Crippen molar-refractivity contribution in [3.63, 3.8) is 0 Å². The molecule has 3 aromatic rings. The fourth-order valence-electron chi connectivity index (χ4n) is 1.86. The molecule has 19 heavy (non-hydrogen) atoms. The van der Waals surface area contributed by atoms with E-state index in [9.17, 15) is 4.79 Å². The summed E-state index contributed by atoms with van der Waals surface area (Å²) in [5, 5.41) is 4.50. The van der Waals surface area contributed by atoms with Crippen LogP contribution in [0.1, 0.15) is 15.2 Å². The number of carbonyl (C=O) groups is 1. The summed E-state index contributed by atoms with van der Waals surface area (Å²) in [4.78, 5) is 17.4. The summed E-state index contributed by atoms with van der Waals surface area (Å²) in [5.41, 5.74) is 2.21. The van der Waals surface area contributed by atoms with Crippen molar-refractivity contribution in [1.29, 1.82) is 0 Å². The second kappa shape index (κ2) is 4.78. The maximum Gasteiger partial charge on any atom is 0.153 e. The van der Waals surface area contributed by atoms with Crippen LogP contribution in [0.3, 0.4) is 0 Å². The van der Waals surface area contributed by atoms with E-state index >= 15 is 0 Å². The van der Waals surface area contributed by atoms with Crippen molar-refractivity contribution in [3.05, 3.63) is 53.3 Å². The van der Waals surface area contributed by atoms with Crippen LogP contribution in [0.5, 0.6) is 0 Å². The van der Waals surface area contributed by atoms with Crippen LogP contribution in [0, 0.1) is 6.92 Å². The Morgan fingerprint density at radius 3 is 2.63 bits per heavy atom. The predicted octanol–water partition coefficient (Wildman–Crippen LogP) is 3.12. The Balaban J connectivity index is 2.11. The molecule has 0 aliphatic rings. The Labute approximate surface area is 114 Å². The maximum atomic E-state index is 11.2. The highest BCUT2D eigenvalue weighted by Crippen LogP contribution is 2.29. The number of nitrogens with zero attached hydrogens (tertiary/aromatic N) is 3. The van der Waals surface area contributed by atoms with E-state index in [0.29, 0.717) is 5.56 Å². The van der Waals surface area contributed by atoms with Gasteiger partial charge in [0.05, 0.1) is 16.1 Å². The molecule has 0 radical (unpaired) electrons. The van der Waals surface area contributed by atoms with Gasteiger partial charge in [-0.2, -0.15) is 5.10 Å². The molecule has 4 nitrogen and oxygen atoms in total. The smallest absolute Gasteiger partial charge is 0.153 e. The number of aryl methyl sites for hydroxylation is 1. The van der Waals surface area contributed by atoms with Crippen molar-refractivity contribution >= 4 is 17.6 Å². The molecule has 0 fully saturated rings. The molecule has 3 rings (SSSR count). The molecule has 5 heteroatoms. The first-order valence-electron chi connectivity index (χ1n) is 5.80. The molecule has 0 aromatic carbocycles. The van der Waals surface area contributed by atoms with Crippen molar-refractivity contribution in [1.82, 2.24) is 14.8 Å². The van der Waals surface area contributed by atoms with Gasteiger partial charge in [-0.1, -0.05) is 0 Å². The van der Waals surface area contributed by atoms with Crippen molar-refractivity contribution in [2.75, 3.05) is 0 Å². The average Bonchev–Trinajstić information content (AvgIpc) is 3.05. The summed E-state index contributed by atoms with van der Waals surface area (Å²) in [6.45, 7) is 2.04. The summed E-state index contributed by atoms with van der Waals surface area (Å²) >= 11 is 1.63. The molecule has 0 saturated carbocycles. The molecule has 0 bridgehead atoms. The van der Waals surface area contributed by atoms with Crippen LogP contribution >= 0.6 is 11.3 Å². The first kappa shape index (κ1) is 11.8. The number of rotatable bonds is 3. The molecule has 0 saturated heterocycles. The number of hydrogen-bond donors (Lipinski definition) is 0. The minimum absolute atomic E-state index is 0.596. The van der Waals surface area contributed by atoms with Gasteiger partial charge in [-0.05, 0) is 31.2 Å². The van der Waals surface area contributed by atoms with E-state index in [4.69, 9.17) is 0 Å². The summed E-state index contributed by atoms with van der Waals surface area (Å²) in [6, 6.07) is 7.72. The molecule has 3 aromatic heterocycles. The monoisotopic (exact) mass is 269 g/mol. The molecular weight excluding hydrogens is 258 g/mol. The predicted molar refractivity (Wildman–Crippen MR) is 74.8 cm³/mol. The topological polar surface area (TPSA) is 47.8 Å². The largest absolute Gasteiger partial charge is 0.298 e. The Bertz CT molecular complexity index is 715. The average molecular weight is 269 g/mol. The number of aldehydes is 1. The number of hydrogen-bond acceptors (Lipinski definition) is 4. The van der Waals surface area contributed by atoms with Crippen molar-refractivity contribution in [2.24, 2.45) is 0 Å². The van der Waals surface area contributed by atoms with Gasteiger partial charge in [0.2, 0.25) is 0 Å². The Hall–Kier alpha value is -2.27. The van der Waals surface area contributed by atoms with Gasteiger partial charge in [0, 0.05) is 23.5 Å². The van der Waals surface area contributed by atoms with Crippen LogP contribution in [-0.2, 0) is 0 Å². The van der Waals surface area contributed by atoms with E-state index in [1.165, 1.54) is 4.88 Å².